The van der Waals surface area contributed by atoms with Gasteiger partial charge in [-0.25, -0.2) is 9.18 Å². The Bertz CT molecular complexity index is 946. The lowest BCUT2D eigenvalue weighted by atomic mass is 10.3. The SMILES string of the molecule is COc1ccc(NC(=O)NCc2nnnn2-c2cccc(F)c2)cc1OC. The van der Waals surface area contributed by atoms with E-state index in [0.717, 1.165) is 0 Å². The highest BCUT2D eigenvalue weighted by Gasteiger charge is 2.11. The third-order valence-electron chi connectivity index (χ3n) is 3.64. The summed E-state index contributed by atoms with van der Waals surface area (Å²) in [5, 5.41) is 16.6. The molecule has 2 N–H and O–H groups in total. The molecule has 1 aromatic heterocycles. The van der Waals surface area contributed by atoms with Crippen molar-refractivity contribution in [2.75, 3.05) is 19.5 Å². The Kier molecular flexibility index (Phi) is 5.45. The number of amides is 2. The highest BCUT2D eigenvalue weighted by atomic mass is 19.1. The van der Waals surface area contributed by atoms with E-state index in [2.05, 4.69) is 26.2 Å². The average Bonchev–Trinajstić information content (AvgIpc) is 3.15. The maximum Gasteiger partial charge on any atom is 0.319 e. The number of anilines is 1. The molecule has 0 atom stereocenters. The van der Waals surface area contributed by atoms with Crippen LogP contribution in [-0.2, 0) is 6.54 Å². The summed E-state index contributed by atoms with van der Waals surface area (Å²) in [4.78, 5) is 12.1. The lowest BCUT2D eigenvalue weighted by Gasteiger charge is -2.11. The molecule has 140 valence electrons. The van der Waals surface area contributed by atoms with Gasteiger partial charge in [0.25, 0.3) is 0 Å². The summed E-state index contributed by atoms with van der Waals surface area (Å²) in [5.74, 6) is 0.985. The predicted octanol–water partition coefficient (Wildman–Crippen LogP) is 2.14. The Morgan fingerprint density at radius 3 is 2.70 bits per heavy atom. The van der Waals surface area contributed by atoms with E-state index in [0.29, 0.717) is 28.7 Å². The van der Waals surface area contributed by atoms with Crippen molar-refractivity contribution in [3.05, 3.63) is 54.1 Å². The first-order valence-corrected chi connectivity index (χ1v) is 7.91. The molecule has 3 aromatic rings. The van der Waals surface area contributed by atoms with Gasteiger partial charge in [-0.1, -0.05) is 6.07 Å². The van der Waals surface area contributed by atoms with Crippen molar-refractivity contribution < 1.29 is 18.7 Å². The van der Waals surface area contributed by atoms with Gasteiger partial charge in [0.2, 0.25) is 0 Å². The van der Waals surface area contributed by atoms with E-state index in [1.165, 1.54) is 31.0 Å². The number of methoxy groups -OCH3 is 2. The molecule has 0 unspecified atom stereocenters. The van der Waals surface area contributed by atoms with Crippen LogP contribution in [0, 0.1) is 5.82 Å². The summed E-state index contributed by atoms with van der Waals surface area (Å²) in [5.41, 5.74) is 0.979. The largest absolute Gasteiger partial charge is 0.493 e. The molecule has 27 heavy (non-hydrogen) atoms. The first-order chi connectivity index (χ1) is 13.1. The summed E-state index contributed by atoms with van der Waals surface area (Å²) in [6.45, 7) is 0.0443. The summed E-state index contributed by atoms with van der Waals surface area (Å²) in [6, 6.07) is 10.4. The Balaban J connectivity index is 1.64. The van der Waals surface area contributed by atoms with Crippen LogP contribution in [0.2, 0.25) is 0 Å². The summed E-state index contributed by atoms with van der Waals surface area (Å²) < 4.78 is 25.1. The molecule has 0 fully saturated rings. The van der Waals surface area contributed by atoms with Gasteiger partial charge in [-0.15, -0.1) is 5.10 Å². The fraction of sp³-hybridized carbons (Fsp3) is 0.176. The molecule has 9 nitrogen and oxygen atoms in total. The summed E-state index contributed by atoms with van der Waals surface area (Å²) in [7, 11) is 3.04. The minimum atomic E-state index is -0.462. The van der Waals surface area contributed by atoms with Gasteiger partial charge in [0.05, 0.1) is 26.5 Å². The third-order valence-corrected chi connectivity index (χ3v) is 3.64. The lowest BCUT2D eigenvalue weighted by Crippen LogP contribution is -2.29. The number of tetrazole rings is 1. The maximum absolute atomic E-state index is 13.4. The molecule has 10 heteroatoms. The molecule has 0 aliphatic rings. The number of nitrogens with zero attached hydrogens (tertiary/aromatic N) is 4. The van der Waals surface area contributed by atoms with Crippen LogP contribution in [0.1, 0.15) is 5.82 Å². The fourth-order valence-electron chi connectivity index (χ4n) is 2.37. The van der Waals surface area contributed by atoms with Crippen molar-refractivity contribution in [3.8, 4) is 17.2 Å². The minimum Gasteiger partial charge on any atom is -0.493 e. The second-order valence-electron chi connectivity index (χ2n) is 5.36. The highest BCUT2D eigenvalue weighted by Crippen LogP contribution is 2.29. The molecule has 0 bridgehead atoms. The topological polar surface area (TPSA) is 103 Å². The first kappa shape index (κ1) is 18.1. The van der Waals surface area contributed by atoms with Gasteiger partial charge < -0.3 is 20.1 Å². The Morgan fingerprint density at radius 1 is 1.15 bits per heavy atom. The van der Waals surface area contributed by atoms with Crippen molar-refractivity contribution in [2.24, 2.45) is 0 Å². The van der Waals surface area contributed by atoms with E-state index >= 15 is 0 Å². The Morgan fingerprint density at radius 2 is 1.96 bits per heavy atom. The fourth-order valence-corrected chi connectivity index (χ4v) is 2.37. The van der Waals surface area contributed by atoms with Crippen molar-refractivity contribution in [3.63, 3.8) is 0 Å². The molecule has 0 aliphatic carbocycles. The molecule has 1 heterocycles. The van der Waals surface area contributed by atoms with Gasteiger partial charge in [-0.2, -0.15) is 4.68 Å². The van der Waals surface area contributed by atoms with Crippen LogP contribution in [0.25, 0.3) is 5.69 Å². The second kappa shape index (κ2) is 8.13. The van der Waals surface area contributed by atoms with E-state index in [9.17, 15) is 9.18 Å². The van der Waals surface area contributed by atoms with Crippen LogP contribution in [0.4, 0.5) is 14.9 Å². The Hall–Kier alpha value is -3.69. The average molecular weight is 372 g/mol. The van der Waals surface area contributed by atoms with E-state index in [1.807, 2.05) is 0 Å². The molecule has 0 aliphatic heterocycles. The van der Waals surface area contributed by atoms with Crippen LogP contribution < -0.4 is 20.1 Å². The van der Waals surface area contributed by atoms with Gasteiger partial charge in [0.1, 0.15) is 5.82 Å². The van der Waals surface area contributed by atoms with Crippen LogP contribution in [-0.4, -0.2) is 40.5 Å². The van der Waals surface area contributed by atoms with E-state index in [1.54, 1.807) is 30.3 Å². The maximum atomic E-state index is 13.4. The number of benzene rings is 2. The van der Waals surface area contributed by atoms with E-state index < -0.39 is 11.8 Å². The summed E-state index contributed by atoms with van der Waals surface area (Å²) >= 11 is 0. The molecule has 2 aromatic carbocycles. The number of hydrogen-bond donors (Lipinski definition) is 2. The van der Waals surface area contributed by atoms with Crippen LogP contribution >= 0.6 is 0 Å². The standard InChI is InChI=1S/C17H17FN6O3/c1-26-14-7-6-12(9-15(14)27-2)20-17(25)19-10-16-21-22-23-24(16)13-5-3-4-11(18)8-13/h3-9H,10H2,1-2H3,(H2,19,20,25). The van der Waals surface area contributed by atoms with Crippen molar-refractivity contribution in [1.29, 1.82) is 0 Å². The molecule has 2 amide bonds. The van der Waals surface area contributed by atoms with E-state index in [4.69, 9.17) is 9.47 Å². The minimum absolute atomic E-state index is 0.0443. The molecule has 0 saturated carbocycles. The van der Waals surface area contributed by atoms with Crippen LogP contribution in [0.5, 0.6) is 11.5 Å². The van der Waals surface area contributed by atoms with Crippen LogP contribution in [0.3, 0.4) is 0 Å². The number of carbonyl (C=O) groups is 1. The molecule has 3 rings (SSSR count). The zero-order valence-corrected chi connectivity index (χ0v) is 14.6. The quantitative estimate of drug-likeness (QED) is 0.687. The molecule has 0 saturated heterocycles. The molecule has 0 radical (unpaired) electrons. The highest BCUT2D eigenvalue weighted by molar-refractivity contribution is 5.89. The normalized spacial score (nSPS) is 10.3. The van der Waals surface area contributed by atoms with Crippen molar-refractivity contribution in [2.45, 2.75) is 6.54 Å². The number of hydrogen-bond acceptors (Lipinski definition) is 6. The smallest absolute Gasteiger partial charge is 0.319 e. The zero-order valence-electron chi connectivity index (χ0n) is 14.6. The van der Waals surface area contributed by atoms with Gasteiger partial charge in [-0.05, 0) is 40.8 Å². The number of rotatable bonds is 6. The van der Waals surface area contributed by atoms with Gasteiger partial charge in [-0.3, -0.25) is 0 Å². The number of urea groups is 1. The second-order valence-corrected chi connectivity index (χ2v) is 5.36. The van der Waals surface area contributed by atoms with Crippen LogP contribution in [0.15, 0.2) is 42.5 Å². The first-order valence-electron chi connectivity index (χ1n) is 7.91. The lowest BCUT2D eigenvalue weighted by molar-refractivity contribution is 0.251. The van der Waals surface area contributed by atoms with Gasteiger partial charge >= 0.3 is 6.03 Å². The van der Waals surface area contributed by atoms with Gasteiger partial charge in [0.15, 0.2) is 17.3 Å². The third kappa shape index (κ3) is 4.29. The monoisotopic (exact) mass is 372 g/mol. The molecular weight excluding hydrogens is 355 g/mol. The number of halogens is 1. The van der Waals surface area contributed by atoms with Gasteiger partial charge in [0, 0.05) is 11.8 Å². The zero-order chi connectivity index (χ0) is 19.2. The molecule has 0 spiro atoms. The number of ether oxygens (including phenoxy) is 2. The number of aromatic nitrogens is 4. The van der Waals surface area contributed by atoms with E-state index in [-0.39, 0.29) is 6.54 Å². The number of carbonyl (C=O) groups excluding carboxylic acids is 1. The van der Waals surface area contributed by atoms with Crippen molar-refractivity contribution >= 4 is 11.7 Å². The Labute approximate surface area is 154 Å². The summed E-state index contributed by atoms with van der Waals surface area (Å²) in [6.07, 6.45) is 0. The van der Waals surface area contributed by atoms with Crippen molar-refractivity contribution in [1.82, 2.24) is 25.5 Å². The predicted molar refractivity (Wildman–Crippen MR) is 94.5 cm³/mol. The number of nitrogens with one attached hydrogen (secondary N) is 2. The molecular formula is C17H17FN6O3.